The first-order valence-corrected chi connectivity index (χ1v) is 7.31. The largest absolute Gasteiger partial charge is 0.451 e. The van der Waals surface area contributed by atoms with E-state index in [0.717, 1.165) is 11.5 Å². The molecule has 23 heavy (non-hydrogen) atoms. The van der Waals surface area contributed by atoms with E-state index in [-0.39, 0.29) is 16.3 Å². The Hall–Kier alpha value is -2.88. The number of benzene rings is 1. The number of amides is 1. The van der Waals surface area contributed by atoms with Crippen LogP contribution in [-0.4, -0.2) is 33.0 Å². The monoisotopic (exact) mass is 336 g/mol. The number of nitro benzene ring substituents is 1. The minimum Gasteiger partial charge on any atom is -0.451 e. The summed E-state index contributed by atoms with van der Waals surface area (Å²) in [6.07, 6.45) is 0.529. The number of aryl methyl sites for hydroxylation is 1. The van der Waals surface area contributed by atoms with E-state index in [0.29, 0.717) is 12.1 Å². The van der Waals surface area contributed by atoms with E-state index in [1.807, 2.05) is 6.92 Å². The van der Waals surface area contributed by atoms with Crippen molar-refractivity contribution in [3.8, 4) is 0 Å². The summed E-state index contributed by atoms with van der Waals surface area (Å²) in [7, 11) is 0. The number of non-ortho nitro benzene ring substituents is 1. The summed E-state index contributed by atoms with van der Waals surface area (Å²) in [5, 5.41) is 16.9. The van der Waals surface area contributed by atoms with E-state index in [2.05, 4.69) is 14.9 Å². The highest BCUT2D eigenvalue weighted by atomic mass is 32.1. The lowest BCUT2D eigenvalue weighted by Crippen LogP contribution is -2.21. The van der Waals surface area contributed by atoms with Gasteiger partial charge in [0, 0.05) is 17.8 Å². The Kier molecular flexibility index (Phi) is 5.31. The lowest BCUT2D eigenvalue weighted by molar-refractivity contribution is -0.384. The predicted octanol–water partition coefficient (Wildman–Crippen LogP) is 1.80. The van der Waals surface area contributed by atoms with Gasteiger partial charge in [-0.3, -0.25) is 14.9 Å². The van der Waals surface area contributed by atoms with Crippen LogP contribution in [-0.2, 0) is 16.0 Å². The topological polar surface area (TPSA) is 124 Å². The van der Waals surface area contributed by atoms with E-state index in [9.17, 15) is 19.7 Å². The molecule has 120 valence electrons. The van der Waals surface area contributed by atoms with Crippen molar-refractivity contribution in [2.24, 2.45) is 0 Å². The number of nitro groups is 1. The van der Waals surface area contributed by atoms with E-state index in [1.54, 1.807) is 0 Å². The molecular formula is C13H12N4O5S. The van der Waals surface area contributed by atoms with Crippen LogP contribution in [0.4, 0.5) is 11.4 Å². The summed E-state index contributed by atoms with van der Waals surface area (Å²) in [6, 6.07) is 5.45. The summed E-state index contributed by atoms with van der Waals surface area (Å²) >= 11 is 0.901. The lowest BCUT2D eigenvalue weighted by Gasteiger charge is -2.06. The second-order valence-corrected chi connectivity index (χ2v) is 5.09. The zero-order valence-electron chi connectivity index (χ0n) is 12.0. The zero-order chi connectivity index (χ0) is 16.8. The van der Waals surface area contributed by atoms with Crippen LogP contribution < -0.4 is 5.32 Å². The molecule has 1 N–H and O–H groups in total. The fraction of sp³-hybridized carbons (Fsp3) is 0.231. The third-order valence-corrected chi connectivity index (χ3v) is 3.50. The second-order valence-electron chi connectivity index (χ2n) is 4.33. The molecule has 1 aromatic carbocycles. The molecule has 1 aromatic heterocycles. The molecule has 0 spiro atoms. The van der Waals surface area contributed by atoms with Gasteiger partial charge in [-0.05, 0) is 24.0 Å². The number of hydrogen-bond donors (Lipinski definition) is 1. The SMILES string of the molecule is CCc1nnsc1C(=O)OCC(=O)Nc1cccc([N+](=O)[O-])c1. The van der Waals surface area contributed by atoms with E-state index in [4.69, 9.17) is 4.74 Å². The predicted molar refractivity (Wildman–Crippen MR) is 81.3 cm³/mol. The highest BCUT2D eigenvalue weighted by Crippen LogP contribution is 2.17. The first-order valence-electron chi connectivity index (χ1n) is 6.54. The normalized spacial score (nSPS) is 10.1. The molecule has 0 radical (unpaired) electrons. The number of rotatable bonds is 6. The number of nitrogens with one attached hydrogen (secondary N) is 1. The smallest absolute Gasteiger partial charge is 0.352 e. The van der Waals surface area contributed by atoms with Gasteiger partial charge in [-0.1, -0.05) is 17.5 Å². The van der Waals surface area contributed by atoms with Gasteiger partial charge in [0.1, 0.15) is 0 Å². The molecule has 0 unspecified atom stereocenters. The Morgan fingerprint density at radius 2 is 2.22 bits per heavy atom. The second kappa shape index (κ2) is 7.40. The highest BCUT2D eigenvalue weighted by Gasteiger charge is 2.18. The van der Waals surface area contributed by atoms with Crippen LogP contribution in [0.2, 0.25) is 0 Å². The number of carbonyl (C=O) groups excluding carboxylic acids is 2. The summed E-state index contributed by atoms with van der Waals surface area (Å²) in [6.45, 7) is 1.31. The Balaban J connectivity index is 1.91. The maximum absolute atomic E-state index is 11.8. The zero-order valence-corrected chi connectivity index (χ0v) is 12.8. The standard InChI is InChI=1S/C13H12N4O5S/c1-2-10-12(23-16-15-10)13(19)22-7-11(18)14-8-4-3-5-9(6-8)17(20)21/h3-6H,2,7H2,1H3,(H,14,18). The Morgan fingerprint density at radius 1 is 1.43 bits per heavy atom. The van der Waals surface area contributed by atoms with Crippen molar-refractivity contribution < 1.29 is 19.2 Å². The van der Waals surface area contributed by atoms with Crippen molar-refractivity contribution in [2.45, 2.75) is 13.3 Å². The molecule has 1 amide bonds. The van der Waals surface area contributed by atoms with Gasteiger partial charge in [0.25, 0.3) is 11.6 Å². The van der Waals surface area contributed by atoms with Gasteiger partial charge in [-0.25, -0.2) is 4.79 Å². The maximum atomic E-state index is 11.8. The Labute approximate surface area is 134 Å². The average Bonchev–Trinajstić information content (AvgIpc) is 3.01. The molecule has 0 aliphatic carbocycles. The van der Waals surface area contributed by atoms with Gasteiger partial charge in [-0.15, -0.1) is 5.10 Å². The van der Waals surface area contributed by atoms with Crippen LogP contribution in [0, 0.1) is 10.1 Å². The van der Waals surface area contributed by atoms with Gasteiger partial charge in [-0.2, -0.15) is 0 Å². The minimum atomic E-state index is -0.675. The minimum absolute atomic E-state index is 0.150. The van der Waals surface area contributed by atoms with Crippen molar-refractivity contribution in [3.05, 3.63) is 45.0 Å². The first-order chi connectivity index (χ1) is 11.0. The number of hydrogen-bond acceptors (Lipinski definition) is 8. The first kappa shape index (κ1) is 16.5. The molecule has 0 atom stereocenters. The molecule has 0 saturated carbocycles. The molecule has 9 nitrogen and oxygen atoms in total. The van der Waals surface area contributed by atoms with Crippen LogP contribution in [0.1, 0.15) is 22.3 Å². The van der Waals surface area contributed by atoms with Gasteiger partial charge in [0.15, 0.2) is 11.5 Å². The fourth-order valence-corrected chi connectivity index (χ4v) is 2.33. The van der Waals surface area contributed by atoms with Crippen LogP contribution in [0.15, 0.2) is 24.3 Å². The summed E-state index contributed by atoms with van der Waals surface area (Å²) in [5.41, 5.74) is 0.608. The molecule has 0 aliphatic rings. The maximum Gasteiger partial charge on any atom is 0.352 e. The number of carbonyl (C=O) groups is 2. The summed E-state index contributed by atoms with van der Waals surface area (Å²) in [5.74, 6) is -1.28. The molecule has 0 saturated heterocycles. The van der Waals surface area contributed by atoms with Crippen LogP contribution in [0.25, 0.3) is 0 Å². The van der Waals surface area contributed by atoms with Gasteiger partial charge >= 0.3 is 5.97 Å². The molecule has 10 heteroatoms. The van der Waals surface area contributed by atoms with Crippen molar-refractivity contribution in [1.82, 2.24) is 9.59 Å². The van der Waals surface area contributed by atoms with Crippen LogP contribution >= 0.6 is 11.5 Å². The molecule has 0 fully saturated rings. The number of esters is 1. The molecule has 2 aromatic rings. The van der Waals surface area contributed by atoms with Gasteiger partial charge in [0.05, 0.1) is 10.6 Å². The van der Waals surface area contributed by atoms with Crippen molar-refractivity contribution in [1.29, 1.82) is 0 Å². The summed E-state index contributed by atoms with van der Waals surface area (Å²) < 4.78 is 8.55. The number of anilines is 1. The quantitative estimate of drug-likeness (QED) is 0.484. The molecule has 0 aliphatic heterocycles. The number of ether oxygens (including phenoxy) is 1. The van der Waals surface area contributed by atoms with E-state index < -0.39 is 23.4 Å². The van der Waals surface area contributed by atoms with Gasteiger partial charge in [0.2, 0.25) is 0 Å². The van der Waals surface area contributed by atoms with Crippen LogP contribution in [0.5, 0.6) is 0 Å². The number of nitrogens with zero attached hydrogens (tertiary/aromatic N) is 3. The van der Waals surface area contributed by atoms with E-state index >= 15 is 0 Å². The summed E-state index contributed by atoms with van der Waals surface area (Å²) in [4.78, 5) is 33.9. The third-order valence-electron chi connectivity index (χ3n) is 2.75. The lowest BCUT2D eigenvalue weighted by atomic mass is 10.3. The highest BCUT2D eigenvalue weighted by molar-refractivity contribution is 7.07. The molecular weight excluding hydrogens is 324 g/mol. The Bertz CT molecular complexity index is 745. The van der Waals surface area contributed by atoms with Crippen LogP contribution in [0.3, 0.4) is 0 Å². The fourth-order valence-electron chi connectivity index (χ4n) is 1.69. The number of aromatic nitrogens is 2. The van der Waals surface area contributed by atoms with Crippen molar-refractivity contribution in [3.63, 3.8) is 0 Å². The Morgan fingerprint density at radius 3 is 2.91 bits per heavy atom. The van der Waals surface area contributed by atoms with E-state index in [1.165, 1.54) is 24.3 Å². The van der Waals surface area contributed by atoms with Crippen molar-refractivity contribution in [2.75, 3.05) is 11.9 Å². The molecule has 1 heterocycles. The van der Waals surface area contributed by atoms with Gasteiger partial charge < -0.3 is 10.1 Å². The third kappa shape index (κ3) is 4.30. The molecule has 0 bridgehead atoms. The van der Waals surface area contributed by atoms with Crippen molar-refractivity contribution >= 4 is 34.8 Å². The molecule has 2 rings (SSSR count). The average molecular weight is 336 g/mol.